The van der Waals surface area contributed by atoms with Gasteiger partial charge in [-0.05, 0) is 53.3 Å². The molecule has 5 rings (SSSR count). The SMILES string of the molecule is O=C(O)c1ccc(-c2cc3c(cc2OCc2csc(-c4cccs4)n2)C(=O)CC3)cc1. The van der Waals surface area contributed by atoms with Gasteiger partial charge in [0.05, 0.1) is 16.1 Å². The van der Waals surface area contributed by atoms with Crippen LogP contribution >= 0.6 is 22.7 Å². The van der Waals surface area contributed by atoms with Crippen LogP contribution < -0.4 is 4.74 Å². The third kappa shape index (κ3) is 3.89. The minimum Gasteiger partial charge on any atom is -0.487 e. The number of Topliss-reactive ketones (excluding diaryl/α,β-unsaturated/α-hetero) is 1. The van der Waals surface area contributed by atoms with Crippen molar-refractivity contribution in [2.75, 3.05) is 0 Å². The number of carboxylic acid groups (broad SMARTS) is 1. The number of benzene rings is 2. The van der Waals surface area contributed by atoms with Crippen LogP contribution in [0.25, 0.3) is 21.0 Å². The van der Waals surface area contributed by atoms with Crippen LogP contribution in [0.4, 0.5) is 0 Å². The number of nitrogens with zero attached hydrogens (tertiary/aromatic N) is 1. The molecule has 0 bridgehead atoms. The van der Waals surface area contributed by atoms with Crippen molar-refractivity contribution in [1.82, 2.24) is 4.98 Å². The fourth-order valence-corrected chi connectivity index (χ4v) is 5.27. The predicted octanol–water partition coefficient (Wildman–Crippen LogP) is 5.94. The smallest absolute Gasteiger partial charge is 0.335 e. The molecule has 2 aromatic heterocycles. The van der Waals surface area contributed by atoms with Crippen molar-refractivity contribution < 1.29 is 19.4 Å². The number of carbonyl (C=O) groups is 2. The van der Waals surface area contributed by atoms with Gasteiger partial charge in [0.25, 0.3) is 0 Å². The Morgan fingerprint density at radius 1 is 1.06 bits per heavy atom. The predicted molar refractivity (Wildman–Crippen MR) is 121 cm³/mol. The lowest BCUT2D eigenvalue weighted by atomic mass is 9.98. The molecule has 5 nitrogen and oxygen atoms in total. The van der Waals surface area contributed by atoms with Crippen molar-refractivity contribution in [3.8, 4) is 26.8 Å². The van der Waals surface area contributed by atoms with Gasteiger partial charge in [-0.2, -0.15) is 0 Å². The van der Waals surface area contributed by atoms with Gasteiger partial charge in [0.15, 0.2) is 5.78 Å². The zero-order chi connectivity index (χ0) is 21.4. The number of aryl methyl sites for hydroxylation is 1. The fraction of sp³-hybridized carbons (Fsp3) is 0.125. The van der Waals surface area contributed by atoms with Gasteiger partial charge in [0, 0.05) is 22.9 Å². The molecule has 0 unspecified atom stereocenters. The van der Waals surface area contributed by atoms with Crippen LogP contribution in [0.1, 0.15) is 38.4 Å². The summed E-state index contributed by atoms with van der Waals surface area (Å²) in [6.07, 6.45) is 1.22. The lowest BCUT2D eigenvalue weighted by Crippen LogP contribution is -2.01. The van der Waals surface area contributed by atoms with Crippen molar-refractivity contribution in [1.29, 1.82) is 0 Å². The highest BCUT2D eigenvalue weighted by atomic mass is 32.1. The van der Waals surface area contributed by atoms with E-state index in [-0.39, 0.29) is 18.0 Å². The highest BCUT2D eigenvalue weighted by molar-refractivity contribution is 7.20. The number of rotatable bonds is 6. The highest BCUT2D eigenvalue weighted by Crippen LogP contribution is 2.37. The van der Waals surface area contributed by atoms with Gasteiger partial charge in [-0.3, -0.25) is 4.79 Å². The summed E-state index contributed by atoms with van der Waals surface area (Å²) in [5, 5.41) is 14.1. The molecule has 0 aliphatic heterocycles. The average Bonchev–Trinajstić information content (AvgIpc) is 3.53. The molecule has 1 aliphatic carbocycles. The number of ether oxygens (including phenoxy) is 1. The number of ketones is 1. The van der Waals surface area contributed by atoms with Crippen LogP contribution in [-0.4, -0.2) is 21.8 Å². The fourth-order valence-electron chi connectivity index (χ4n) is 3.65. The van der Waals surface area contributed by atoms with E-state index in [9.17, 15) is 14.7 Å². The average molecular weight is 448 g/mol. The largest absolute Gasteiger partial charge is 0.487 e. The Morgan fingerprint density at radius 2 is 1.90 bits per heavy atom. The number of carbonyl (C=O) groups excluding carboxylic acids is 1. The molecular formula is C24H17NO4S2. The molecule has 1 aliphatic rings. The molecule has 4 aromatic rings. The summed E-state index contributed by atoms with van der Waals surface area (Å²) < 4.78 is 6.14. The number of thiophene rings is 1. The molecule has 7 heteroatoms. The van der Waals surface area contributed by atoms with E-state index in [0.29, 0.717) is 24.2 Å². The quantitative estimate of drug-likeness (QED) is 0.396. The number of thiazole rings is 1. The summed E-state index contributed by atoms with van der Waals surface area (Å²) in [4.78, 5) is 29.2. The van der Waals surface area contributed by atoms with E-state index < -0.39 is 5.97 Å². The van der Waals surface area contributed by atoms with Crippen molar-refractivity contribution in [2.45, 2.75) is 19.4 Å². The minimum atomic E-state index is -0.965. The zero-order valence-corrected chi connectivity index (χ0v) is 18.0. The summed E-state index contributed by atoms with van der Waals surface area (Å²) in [6, 6.07) is 14.5. The number of hydrogen-bond acceptors (Lipinski definition) is 6. The molecule has 2 heterocycles. The molecule has 0 saturated heterocycles. The standard InChI is InChI=1S/C24H17NO4S2/c26-20-8-7-16-10-19(14-3-5-15(6-4-14)24(27)28)21(11-18(16)20)29-12-17-13-31-23(25-17)22-2-1-9-30-22/h1-6,9-11,13H,7-8,12H2,(H,27,28). The number of hydrogen-bond donors (Lipinski definition) is 1. The Bertz CT molecular complexity index is 1270. The van der Waals surface area contributed by atoms with Crippen molar-refractivity contribution >= 4 is 34.4 Å². The van der Waals surface area contributed by atoms with Gasteiger partial charge in [-0.25, -0.2) is 9.78 Å². The number of fused-ring (bicyclic) bond motifs is 1. The molecule has 1 N–H and O–H groups in total. The van der Waals surface area contributed by atoms with Gasteiger partial charge in [0.2, 0.25) is 0 Å². The van der Waals surface area contributed by atoms with E-state index in [1.54, 1.807) is 46.9 Å². The van der Waals surface area contributed by atoms with Crippen LogP contribution in [0.2, 0.25) is 0 Å². The maximum Gasteiger partial charge on any atom is 0.335 e. The second-order valence-corrected chi connectivity index (χ2v) is 9.03. The molecule has 0 spiro atoms. The first-order chi connectivity index (χ1) is 15.1. The Balaban J connectivity index is 1.46. The monoisotopic (exact) mass is 447 g/mol. The van der Waals surface area contributed by atoms with Gasteiger partial charge in [-0.1, -0.05) is 18.2 Å². The topological polar surface area (TPSA) is 76.5 Å². The second-order valence-electron chi connectivity index (χ2n) is 7.22. The molecule has 0 amide bonds. The summed E-state index contributed by atoms with van der Waals surface area (Å²) in [7, 11) is 0. The third-order valence-corrected chi connectivity index (χ3v) is 7.16. The first-order valence-electron chi connectivity index (χ1n) is 9.73. The molecule has 0 saturated carbocycles. The van der Waals surface area contributed by atoms with Crippen molar-refractivity contribution in [2.24, 2.45) is 0 Å². The van der Waals surface area contributed by atoms with Crippen LogP contribution in [0.15, 0.2) is 59.3 Å². The van der Waals surface area contributed by atoms with Crippen LogP contribution in [0, 0.1) is 0 Å². The Labute approximate surface area is 186 Å². The number of aromatic nitrogens is 1. The lowest BCUT2D eigenvalue weighted by molar-refractivity contribution is 0.0696. The molecule has 0 fully saturated rings. The zero-order valence-electron chi connectivity index (χ0n) is 16.3. The molecule has 0 radical (unpaired) electrons. The number of aromatic carboxylic acids is 1. The molecule has 0 atom stereocenters. The Morgan fingerprint density at radius 3 is 2.65 bits per heavy atom. The van der Waals surface area contributed by atoms with E-state index in [1.165, 1.54) is 0 Å². The first kappa shape index (κ1) is 19.7. The normalized spacial score (nSPS) is 12.7. The Hall–Kier alpha value is -3.29. The summed E-state index contributed by atoms with van der Waals surface area (Å²) >= 11 is 3.23. The molecular weight excluding hydrogens is 430 g/mol. The van der Waals surface area contributed by atoms with E-state index in [1.807, 2.05) is 35.0 Å². The van der Waals surface area contributed by atoms with Crippen molar-refractivity contribution in [3.63, 3.8) is 0 Å². The van der Waals surface area contributed by atoms with Gasteiger partial charge < -0.3 is 9.84 Å². The minimum absolute atomic E-state index is 0.126. The van der Waals surface area contributed by atoms with Gasteiger partial charge in [0.1, 0.15) is 17.4 Å². The van der Waals surface area contributed by atoms with Crippen molar-refractivity contribution in [3.05, 3.63) is 81.7 Å². The maximum atomic E-state index is 12.3. The molecule has 154 valence electrons. The van der Waals surface area contributed by atoms with Gasteiger partial charge >= 0.3 is 5.97 Å². The van der Waals surface area contributed by atoms with E-state index in [4.69, 9.17) is 4.74 Å². The summed E-state index contributed by atoms with van der Waals surface area (Å²) in [5.74, 6) is -0.239. The first-order valence-corrected chi connectivity index (χ1v) is 11.5. The van der Waals surface area contributed by atoms with Crippen LogP contribution in [0.5, 0.6) is 5.75 Å². The summed E-state index contributed by atoms with van der Waals surface area (Å²) in [5.41, 5.74) is 4.46. The molecule has 31 heavy (non-hydrogen) atoms. The number of carboxylic acids is 1. The van der Waals surface area contributed by atoms with E-state index in [0.717, 1.165) is 32.3 Å². The van der Waals surface area contributed by atoms with Gasteiger partial charge in [-0.15, -0.1) is 22.7 Å². The Kier molecular flexibility index (Phi) is 5.13. The highest BCUT2D eigenvalue weighted by Gasteiger charge is 2.23. The molecule has 2 aromatic carbocycles. The van der Waals surface area contributed by atoms with E-state index >= 15 is 0 Å². The van der Waals surface area contributed by atoms with Crippen LogP contribution in [0.3, 0.4) is 0 Å². The van der Waals surface area contributed by atoms with Crippen LogP contribution in [-0.2, 0) is 13.0 Å². The van der Waals surface area contributed by atoms with E-state index in [2.05, 4.69) is 4.98 Å². The third-order valence-electron chi connectivity index (χ3n) is 5.23. The maximum absolute atomic E-state index is 12.3. The lowest BCUT2D eigenvalue weighted by Gasteiger charge is -2.14. The summed E-state index contributed by atoms with van der Waals surface area (Å²) in [6.45, 7) is 0.287. The second kappa shape index (κ2) is 8.09.